The van der Waals surface area contributed by atoms with Crippen LogP contribution >= 0.6 is 0 Å². The molecule has 3 heteroatoms. The van der Waals surface area contributed by atoms with Crippen LogP contribution < -0.4 is 0 Å². The Morgan fingerprint density at radius 3 is 2.47 bits per heavy atom. The maximum atomic E-state index is 5.86. The van der Waals surface area contributed by atoms with E-state index in [0.717, 1.165) is 18.9 Å². The SMILES string of the molecule is C=CCC1(CC)CCCC[Si]1(OC)OC. The summed E-state index contributed by atoms with van der Waals surface area (Å²) >= 11 is 0. The fourth-order valence-corrected chi connectivity index (χ4v) is 7.36. The van der Waals surface area contributed by atoms with Crippen molar-refractivity contribution in [2.75, 3.05) is 14.2 Å². The number of allylic oxidation sites excluding steroid dienone is 1. The van der Waals surface area contributed by atoms with E-state index in [-0.39, 0.29) is 5.04 Å². The second kappa shape index (κ2) is 5.28. The van der Waals surface area contributed by atoms with Gasteiger partial charge in [-0.2, -0.15) is 0 Å². The van der Waals surface area contributed by atoms with Gasteiger partial charge < -0.3 is 8.85 Å². The Balaban J connectivity index is 3.00. The normalized spacial score (nSPS) is 30.1. The van der Waals surface area contributed by atoms with Crippen LogP contribution in [0.25, 0.3) is 0 Å². The lowest BCUT2D eigenvalue weighted by molar-refractivity contribution is 0.178. The van der Waals surface area contributed by atoms with E-state index in [9.17, 15) is 0 Å². The van der Waals surface area contributed by atoms with E-state index >= 15 is 0 Å². The molecule has 1 fully saturated rings. The van der Waals surface area contributed by atoms with Gasteiger partial charge >= 0.3 is 8.56 Å². The van der Waals surface area contributed by atoms with Gasteiger partial charge in [0.15, 0.2) is 0 Å². The second-order valence-electron chi connectivity index (χ2n) is 4.49. The molecular formula is C12H24O2Si. The summed E-state index contributed by atoms with van der Waals surface area (Å²) in [6.07, 6.45) is 8.03. The molecule has 0 bridgehead atoms. The minimum atomic E-state index is -2.00. The molecule has 0 amide bonds. The van der Waals surface area contributed by atoms with Crippen molar-refractivity contribution in [2.45, 2.75) is 50.1 Å². The Bertz CT molecular complexity index is 214. The highest BCUT2D eigenvalue weighted by atomic mass is 28.4. The Morgan fingerprint density at radius 1 is 1.33 bits per heavy atom. The highest BCUT2D eigenvalue weighted by Gasteiger charge is 2.55. The van der Waals surface area contributed by atoms with Gasteiger partial charge in [-0.1, -0.05) is 25.8 Å². The van der Waals surface area contributed by atoms with E-state index in [2.05, 4.69) is 13.5 Å². The second-order valence-corrected chi connectivity index (χ2v) is 8.38. The first kappa shape index (κ1) is 12.9. The summed E-state index contributed by atoms with van der Waals surface area (Å²) in [6.45, 7) is 6.15. The van der Waals surface area contributed by atoms with Crippen LogP contribution in [0.3, 0.4) is 0 Å². The van der Waals surface area contributed by atoms with Crippen LogP contribution in [0.2, 0.25) is 11.1 Å². The van der Waals surface area contributed by atoms with Crippen molar-refractivity contribution in [3.63, 3.8) is 0 Å². The summed E-state index contributed by atoms with van der Waals surface area (Å²) in [4.78, 5) is 0. The van der Waals surface area contributed by atoms with E-state index in [0.29, 0.717) is 0 Å². The maximum Gasteiger partial charge on any atom is 0.344 e. The van der Waals surface area contributed by atoms with E-state index in [1.165, 1.54) is 19.3 Å². The van der Waals surface area contributed by atoms with Crippen LogP contribution in [-0.2, 0) is 8.85 Å². The van der Waals surface area contributed by atoms with Crippen molar-refractivity contribution in [1.29, 1.82) is 0 Å². The summed E-state index contributed by atoms with van der Waals surface area (Å²) < 4.78 is 11.7. The van der Waals surface area contributed by atoms with Crippen molar-refractivity contribution in [3.8, 4) is 0 Å². The lowest BCUT2D eigenvalue weighted by atomic mass is 9.93. The molecule has 88 valence electrons. The summed E-state index contributed by atoms with van der Waals surface area (Å²) in [7, 11) is 1.65. The van der Waals surface area contributed by atoms with E-state index < -0.39 is 8.56 Å². The third-order valence-electron chi connectivity index (χ3n) is 4.09. The summed E-state index contributed by atoms with van der Waals surface area (Å²) in [5.41, 5.74) is 0. The predicted octanol–water partition coefficient (Wildman–Crippen LogP) is 3.63. The minimum absolute atomic E-state index is 0.260. The summed E-state index contributed by atoms with van der Waals surface area (Å²) in [5.74, 6) is 0. The van der Waals surface area contributed by atoms with Crippen LogP contribution in [0.1, 0.15) is 39.0 Å². The molecule has 15 heavy (non-hydrogen) atoms. The Morgan fingerprint density at radius 2 is 2.00 bits per heavy atom. The standard InChI is InChI=1S/C12H24O2Si/c1-5-9-12(6-2)10-7-8-11-15(12,13-3)14-4/h5H,1,6-11H2,2-4H3. The molecule has 1 heterocycles. The van der Waals surface area contributed by atoms with Crippen molar-refractivity contribution in [3.05, 3.63) is 12.7 Å². The topological polar surface area (TPSA) is 18.5 Å². The lowest BCUT2D eigenvalue weighted by Crippen LogP contribution is -2.54. The van der Waals surface area contributed by atoms with Gasteiger partial charge in [0.2, 0.25) is 0 Å². The van der Waals surface area contributed by atoms with E-state index in [1.807, 2.05) is 20.3 Å². The number of rotatable bonds is 5. The zero-order valence-electron chi connectivity index (χ0n) is 10.3. The Hall–Kier alpha value is -0.123. The molecule has 1 aliphatic heterocycles. The Labute approximate surface area is 94.9 Å². The molecule has 1 unspecified atom stereocenters. The fraction of sp³-hybridized carbons (Fsp3) is 0.833. The molecule has 1 atom stereocenters. The third-order valence-corrected chi connectivity index (χ3v) is 8.84. The molecule has 0 spiro atoms. The fourth-order valence-electron chi connectivity index (χ4n) is 3.12. The van der Waals surface area contributed by atoms with Gasteiger partial charge in [-0.3, -0.25) is 0 Å². The molecular weight excluding hydrogens is 204 g/mol. The highest BCUT2D eigenvalue weighted by Crippen LogP contribution is 2.55. The molecule has 0 aliphatic carbocycles. The van der Waals surface area contributed by atoms with Gasteiger partial charge in [0.05, 0.1) is 0 Å². The van der Waals surface area contributed by atoms with Crippen LogP contribution in [0.15, 0.2) is 12.7 Å². The van der Waals surface area contributed by atoms with Crippen molar-refractivity contribution in [1.82, 2.24) is 0 Å². The van der Waals surface area contributed by atoms with Gasteiger partial charge in [0.1, 0.15) is 0 Å². The van der Waals surface area contributed by atoms with Crippen molar-refractivity contribution >= 4 is 8.56 Å². The van der Waals surface area contributed by atoms with Crippen LogP contribution in [0.5, 0.6) is 0 Å². The lowest BCUT2D eigenvalue weighted by Gasteiger charge is -2.48. The monoisotopic (exact) mass is 228 g/mol. The molecule has 1 saturated heterocycles. The Kier molecular flexibility index (Phi) is 4.56. The zero-order valence-corrected chi connectivity index (χ0v) is 11.3. The quantitative estimate of drug-likeness (QED) is 0.528. The molecule has 0 aromatic heterocycles. The largest absolute Gasteiger partial charge is 0.397 e. The summed E-state index contributed by atoms with van der Waals surface area (Å²) in [6, 6.07) is 1.14. The van der Waals surface area contributed by atoms with Crippen LogP contribution in [0.4, 0.5) is 0 Å². The molecule has 1 aliphatic rings. The molecule has 0 radical (unpaired) electrons. The average Bonchev–Trinajstić information content (AvgIpc) is 2.30. The molecule has 0 saturated carbocycles. The molecule has 0 aromatic carbocycles. The van der Waals surface area contributed by atoms with Gasteiger partial charge in [0, 0.05) is 19.3 Å². The predicted molar refractivity (Wildman–Crippen MR) is 66.2 cm³/mol. The first-order chi connectivity index (χ1) is 7.20. The van der Waals surface area contributed by atoms with E-state index in [4.69, 9.17) is 8.85 Å². The van der Waals surface area contributed by atoms with Gasteiger partial charge in [-0.05, 0) is 25.3 Å². The highest BCUT2D eigenvalue weighted by molar-refractivity contribution is 6.71. The summed E-state index contributed by atoms with van der Waals surface area (Å²) in [5, 5.41) is 0.260. The van der Waals surface area contributed by atoms with Crippen LogP contribution in [0, 0.1) is 0 Å². The maximum absolute atomic E-state index is 5.86. The smallest absolute Gasteiger partial charge is 0.344 e. The number of hydrogen-bond acceptors (Lipinski definition) is 2. The third kappa shape index (κ3) is 2.05. The van der Waals surface area contributed by atoms with Crippen molar-refractivity contribution in [2.24, 2.45) is 0 Å². The molecule has 0 N–H and O–H groups in total. The zero-order chi connectivity index (χ0) is 11.4. The van der Waals surface area contributed by atoms with Crippen LogP contribution in [-0.4, -0.2) is 22.8 Å². The first-order valence-electron chi connectivity index (χ1n) is 5.91. The molecule has 2 nitrogen and oxygen atoms in total. The minimum Gasteiger partial charge on any atom is -0.397 e. The van der Waals surface area contributed by atoms with Crippen molar-refractivity contribution < 1.29 is 8.85 Å². The van der Waals surface area contributed by atoms with E-state index in [1.54, 1.807) is 0 Å². The molecule has 0 aromatic rings. The van der Waals surface area contributed by atoms with Gasteiger partial charge in [-0.25, -0.2) is 0 Å². The first-order valence-corrected chi connectivity index (χ1v) is 7.94. The van der Waals surface area contributed by atoms with Gasteiger partial charge in [0.25, 0.3) is 0 Å². The van der Waals surface area contributed by atoms with Gasteiger partial charge in [-0.15, -0.1) is 6.58 Å². The molecule has 1 rings (SSSR count). The average molecular weight is 228 g/mol. The number of hydrogen-bond donors (Lipinski definition) is 0.